The van der Waals surface area contributed by atoms with Crippen LogP contribution >= 0.6 is 24.0 Å². The summed E-state index contributed by atoms with van der Waals surface area (Å²) < 4.78 is 0. The van der Waals surface area contributed by atoms with Gasteiger partial charge in [0.25, 0.3) is 0 Å². The molecule has 1 heterocycles. The number of hydrogen-bond acceptors (Lipinski definition) is 7. The standard InChI is InChI=1S/C9H11NO5S2/c11-4-5-3-6(9(17-5)10(14)15)8(13)7(12)1-2-16/h3-4,7-8,12-13,16H,1-2H2. The Bertz CT molecular complexity index is 420. The maximum Gasteiger partial charge on any atom is 0.330 e. The fraction of sp³-hybridized carbons (Fsp3) is 0.444. The number of rotatable bonds is 6. The van der Waals surface area contributed by atoms with E-state index in [-0.39, 0.29) is 21.9 Å². The van der Waals surface area contributed by atoms with Crippen molar-refractivity contribution in [2.75, 3.05) is 5.75 Å². The first-order chi connectivity index (χ1) is 8.01. The molecule has 0 aliphatic heterocycles. The molecule has 2 unspecified atom stereocenters. The zero-order valence-electron chi connectivity index (χ0n) is 8.65. The SMILES string of the molecule is O=Cc1cc(C(O)C(O)CCS)c([N+](=O)[O-])s1. The van der Waals surface area contributed by atoms with Gasteiger partial charge in [-0.3, -0.25) is 14.9 Å². The van der Waals surface area contributed by atoms with Gasteiger partial charge in [0.1, 0.15) is 6.10 Å². The molecule has 0 aliphatic carbocycles. The summed E-state index contributed by atoms with van der Waals surface area (Å²) >= 11 is 4.57. The molecule has 1 rings (SSSR count). The van der Waals surface area contributed by atoms with E-state index < -0.39 is 17.1 Å². The average molecular weight is 277 g/mol. The highest BCUT2D eigenvalue weighted by Gasteiger charge is 2.28. The van der Waals surface area contributed by atoms with Crippen molar-refractivity contribution in [3.8, 4) is 0 Å². The van der Waals surface area contributed by atoms with Crippen LogP contribution in [0.15, 0.2) is 6.07 Å². The fourth-order valence-corrected chi connectivity index (χ4v) is 2.42. The van der Waals surface area contributed by atoms with Gasteiger partial charge in [-0.25, -0.2) is 0 Å². The van der Waals surface area contributed by atoms with Crippen molar-refractivity contribution in [1.29, 1.82) is 0 Å². The molecule has 8 heteroatoms. The van der Waals surface area contributed by atoms with E-state index in [0.717, 1.165) is 0 Å². The lowest BCUT2D eigenvalue weighted by atomic mass is 10.0. The fourth-order valence-electron chi connectivity index (χ4n) is 1.33. The van der Waals surface area contributed by atoms with Crippen molar-refractivity contribution in [2.45, 2.75) is 18.6 Å². The lowest BCUT2D eigenvalue weighted by Crippen LogP contribution is -2.18. The molecular formula is C9H11NO5S2. The van der Waals surface area contributed by atoms with Gasteiger partial charge in [-0.2, -0.15) is 12.6 Å². The Balaban J connectivity index is 3.06. The van der Waals surface area contributed by atoms with Crippen LogP contribution in [0.1, 0.15) is 27.8 Å². The van der Waals surface area contributed by atoms with E-state index >= 15 is 0 Å². The highest BCUT2D eigenvalue weighted by Crippen LogP contribution is 2.35. The van der Waals surface area contributed by atoms with Crippen molar-refractivity contribution < 1.29 is 19.9 Å². The average Bonchev–Trinajstić information content (AvgIpc) is 2.72. The highest BCUT2D eigenvalue weighted by molar-refractivity contribution is 7.80. The van der Waals surface area contributed by atoms with Gasteiger partial charge in [-0.05, 0) is 18.2 Å². The molecule has 0 radical (unpaired) electrons. The number of carbonyl (C=O) groups excluding carboxylic acids is 1. The minimum Gasteiger partial charge on any atom is -0.390 e. The second kappa shape index (κ2) is 6.10. The number of nitrogens with zero attached hydrogens (tertiary/aromatic N) is 1. The molecule has 17 heavy (non-hydrogen) atoms. The first-order valence-electron chi connectivity index (χ1n) is 4.71. The molecule has 0 saturated carbocycles. The van der Waals surface area contributed by atoms with Crippen LogP contribution in [0.2, 0.25) is 0 Å². The molecule has 0 fully saturated rings. The van der Waals surface area contributed by atoms with Gasteiger partial charge >= 0.3 is 5.00 Å². The maximum atomic E-state index is 10.7. The third-order valence-electron chi connectivity index (χ3n) is 2.15. The monoisotopic (exact) mass is 277 g/mol. The van der Waals surface area contributed by atoms with Gasteiger partial charge in [0.2, 0.25) is 0 Å². The molecule has 0 aromatic carbocycles. The van der Waals surface area contributed by atoms with Crippen molar-refractivity contribution >= 4 is 35.3 Å². The zero-order chi connectivity index (χ0) is 13.0. The number of carbonyl (C=O) groups is 1. The number of thiophene rings is 1. The van der Waals surface area contributed by atoms with Crippen LogP contribution in [0.5, 0.6) is 0 Å². The Labute approximate surface area is 106 Å². The predicted molar refractivity (Wildman–Crippen MR) is 65.8 cm³/mol. The van der Waals surface area contributed by atoms with Crippen molar-refractivity contribution in [3.63, 3.8) is 0 Å². The minimum absolute atomic E-state index is 0.0311. The summed E-state index contributed by atoms with van der Waals surface area (Å²) in [5, 5.41) is 29.7. The van der Waals surface area contributed by atoms with E-state index in [1.165, 1.54) is 6.07 Å². The number of aliphatic hydroxyl groups is 2. The highest BCUT2D eigenvalue weighted by atomic mass is 32.1. The van der Waals surface area contributed by atoms with Crippen LogP contribution < -0.4 is 0 Å². The van der Waals surface area contributed by atoms with E-state index in [2.05, 4.69) is 12.6 Å². The number of aldehydes is 1. The summed E-state index contributed by atoms with van der Waals surface area (Å²) in [5.41, 5.74) is -0.0311. The summed E-state index contributed by atoms with van der Waals surface area (Å²) in [6, 6.07) is 1.22. The topological polar surface area (TPSA) is 101 Å². The molecule has 0 amide bonds. The first kappa shape index (κ1) is 14.1. The molecular weight excluding hydrogens is 266 g/mol. The van der Waals surface area contributed by atoms with Gasteiger partial charge in [0.05, 0.1) is 21.5 Å². The lowest BCUT2D eigenvalue weighted by molar-refractivity contribution is -0.381. The van der Waals surface area contributed by atoms with Crippen LogP contribution in [-0.2, 0) is 0 Å². The Morgan fingerprint density at radius 2 is 2.24 bits per heavy atom. The summed E-state index contributed by atoms with van der Waals surface area (Å²) in [7, 11) is 0. The van der Waals surface area contributed by atoms with Gasteiger partial charge in [0.15, 0.2) is 6.29 Å². The summed E-state index contributed by atoms with van der Waals surface area (Å²) in [6.45, 7) is 0. The van der Waals surface area contributed by atoms with E-state index in [1.807, 2.05) is 0 Å². The molecule has 0 aliphatic rings. The van der Waals surface area contributed by atoms with E-state index in [9.17, 15) is 25.1 Å². The Hall–Kier alpha value is -0.960. The van der Waals surface area contributed by atoms with Crippen LogP contribution in [0.3, 0.4) is 0 Å². The number of thiol groups is 1. The number of hydrogen-bond donors (Lipinski definition) is 3. The normalized spacial score (nSPS) is 14.3. The molecule has 6 nitrogen and oxygen atoms in total. The Morgan fingerprint density at radius 3 is 2.71 bits per heavy atom. The molecule has 1 aromatic heterocycles. The van der Waals surface area contributed by atoms with Crippen LogP contribution in [0.4, 0.5) is 5.00 Å². The molecule has 1 aromatic rings. The summed E-state index contributed by atoms with van der Waals surface area (Å²) in [4.78, 5) is 20.7. The van der Waals surface area contributed by atoms with Gasteiger partial charge in [-0.1, -0.05) is 11.3 Å². The Kier molecular flexibility index (Phi) is 5.06. The lowest BCUT2D eigenvalue weighted by Gasteiger charge is -2.15. The Morgan fingerprint density at radius 1 is 1.59 bits per heavy atom. The summed E-state index contributed by atoms with van der Waals surface area (Å²) in [5.74, 6) is 0.344. The molecule has 2 N–H and O–H groups in total. The van der Waals surface area contributed by atoms with Crippen LogP contribution in [-0.4, -0.2) is 33.3 Å². The van der Waals surface area contributed by atoms with E-state index in [4.69, 9.17) is 0 Å². The van der Waals surface area contributed by atoms with E-state index in [1.54, 1.807) is 0 Å². The first-order valence-corrected chi connectivity index (χ1v) is 6.16. The van der Waals surface area contributed by atoms with Gasteiger partial charge < -0.3 is 10.2 Å². The second-order valence-corrected chi connectivity index (χ2v) is 4.82. The molecule has 0 spiro atoms. The number of nitro groups is 1. The third-order valence-corrected chi connectivity index (χ3v) is 3.44. The maximum absolute atomic E-state index is 10.7. The van der Waals surface area contributed by atoms with Crippen LogP contribution in [0, 0.1) is 10.1 Å². The molecule has 0 saturated heterocycles. The van der Waals surface area contributed by atoms with Crippen molar-refractivity contribution in [3.05, 3.63) is 26.6 Å². The predicted octanol–water partition coefficient (Wildman–Crippen LogP) is 1.18. The quantitative estimate of drug-likeness (QED) is 0.314. The molecule has 2 atom stereocenters. The zero-order valence-corrected chi connectivity index (χ0v) is 10.4. The largest absolute Gasteiger partial charge is 0.390 e. The van der Waals surface area contributed by atoms with Crippen molar-refractivity contribution in [1.82, 2.24) is 0 Å². The van der Waals surface area contributed by atoms with Crippen LogP contribution in [0.25, 0.3) is 0 Å². The van der Waals surface area contributed by atoms with Crippen molar-refractivity contribution in [2.24, 2.45) is 0 Å². The minimum atomic E-state index is -1.38. The summed E-state index contributed by atoms with van der Waals surface area (Å²) in [6.07, 6.45) is -1.85. The van der Waals surface area contributed by atoms with E-state index in [0.29, 0.717) is 23.4 Å². The van der Waals surface area contributed by atoms with Gasteiger partial charge in [-0.15, -0.1) is 0 Å². The number of aliphatic hydroxyl groups excluding tert-OH is 2. The third kappa shape index (κ3) is 3.25. The molecule has 0 bridgehead atoms. The smallest absolute Gasteiger partial charge is 0.330 e. The van der Waals surface area contributed by atoms with Gasteiger partial charge in [0, 0.05) is 0 Å². The molecule has 94 valence electrons. The second-order valence-electron chi connectivity index (χ2n) is 3.31.